The molecule has 0 radical (unpaired) electrons. The molecule has 1 aliphatic heterocycles. The number of nitrogens with zero attached hydrogens (tertiary/aromatic N) is 3. The Hall–Kier alpha value is -2.93. The minimum Gasteiger partial charge on any atom is -0.360 e. The second-order valence-corrected chi connectivity index (χ2v) is 10.5. The molecule has 3 N–H and O–H groups in total. The number of hydrogen-bond donors (Lipinski definition) is 3. The van der Waals surface area contributed by atoms with Crippen molar-refractivity contribution in [3.05, 3.63) is 70.5 Å². The highest BCUT2D eigenvalue weighted by Gasteiger charge is 2.25. The van der Waals surface area contributed by atoms with E-state index in [0.717, 1.165) is 54.0 Å². The van der Waals surface area contributed by atoms with Crippen LogP contribution in [0.4, 0.5) is 11.6 Å². The van der Waals surface area contributed by atoms with E-state index < -0.39 is 0 Å². The Kier molecular flexibility index (Phi) is 5.96. The number of aryl methyl sites for hydroxylation is 1. The fourth-order valence-electron chi connectivity index (χ4n) is 5.13. The Balaban J connectivity index is 1.30. The molecule has 2 aliphatic rings. The molecule has 2 aromatic heterocycles. The first-order chi connectivity index (χ1) is 17.0. The summed E-state index contributed by atoms with van der Waals surface area (Å²) in [5.74, 6) is 1.23. The molecule has 2 fully saturated rings. The number of rotatable bonds is 6. The molecule has 1 atom stereocenters. The molecule has 1 aliphatic carbocycles. The third-order valence-corrected chi connectivity index (χ3v) is 7.29. The van der Waals surface area contributed by atoms with E-state index in [1.807, 2.05) is 6.20 Å². The largest absolute Gasteiger partial charge is 0.360 e. The van der Waals surface area contributed by atoms with Gasteiger partial charge in [-0.1, -0.05) is 29.8 Å². The summed E-state index contributed by atoms with van der Waals surface area (Å²) in [5.41, 5.74) is 7.79. The van der Waals surface area contributed by atoms with Crippen LogP contribution in [0.2, 0.25) is 5.02 Å². The molecule has 2 aromatic carbocycles. The van der Waals surface area contributed by atoms with E-state index in [1.165, 1.54) is 29.5 Å². The van der Waals surface area contributed by atoms with Crippen molar-refractivity contribution in [3.63, 3.8) is 0 Å². The molecule has 6 rings (SSSR count). The molecule has 0 amide bonds. The van der Waals surface area contributed by atoms with Gasteiger partial charge in [-0.2, -0.15) is 0 Å². The molecule has 0 unspecified atom stereocenters. The molecule has 1 saturated heterocycles. The topological polar surface area (TPSA) is 68.9 Å². The number of aromatic nitrogens is 3. The van der Waals surface area contributed by atoms with Crippen LogP contribution < -0.4 is 10.6 Å². The maximum Gasteiger partial charge on any atom is 0.227 e. The van der Waals surface area contributed by atoms with Crippen molar-refractivity contribution in [1.82, 2.24) is 25.2 Å². The van der Waals surface area contributed by atoms with Crippen LogP contribution in [0, 0.1) is 6.92 Å². The van der Waals surface area contributed by atoms with Gasteiger partial charge in [0, 0.05) is 60.6 Å². The third-order valence-electron chi connectivity index (χ3n) is 7.02. The smallest absolute Gasteiger partial charge is 0.227 e. The van der Waals surface area contributed by atoms with Crippen LogP contribution in [-0.2, 0) is 6.54 Å². The lowest BCUT2D eigenvalue weighted by molar-refractivity contribution is 0.199. The Morgan fingerprint density at radius 3 is 2.89 bits per heavy atom. The average molecular weight is 487 g/mol. The Morgan fingerprint density at radius 1 is 1.17 bits per heavy atom. The minimum absolute atomic E-state index is 0.530. The van der Waals surface area contributed by atoms with Crippen molar-refractivity contribution in [2.75, 3.05) is 25.0 Å². The minimum atomic E-state index is 0.530. The van der Waals surface area contributed by atoms with Gasteiger partial charge < -0.3 is 15.6 Å². The Labute approximate surface area is 211 Å². The van der Waals surface area contributed by atoms with Gasteiger partial charge in [0.25, 0.3) is 0 Å². The van der Waals surface area contributed by atoms with Gasteiger partial charge in [-0.25, -0.2) is 9.97 Å². The first-order valence-corrected chi connectivity index (χ1v) is 12.9. The van der Waals surface area contributed by atoms with Gasteiger partial charge in [-0.15, -0.1) is 0 Å². The zero-order valence-electron chi connectivity index (χ0n) is 20.2. The van der Waals surface area contributed by atoms with Crippen LogP contribution in [0.3, 0.4) is 0 Å². The van der Waals surface area contributed by atoms with E-state index in [2.05, 4.69) is 75.7 Å². The van der Waals surface area contributed by atoms with Crippen LogP contribution in [0.5, 0.6) is 0 Å². The fourth-order valence-corrected chi connectivity index (χ4v) is 5.32. The van der Waals surface area contributed by atoms with E-state index in [9.17, 15) is 0 Å². The molecule has 1 saturated carbocycles. The van der Waals surface area contributed by atoms with Crippen LogP contribution in [0.15, 0.2) is 48.8 Å². The van der Waals surface area contributed by atoms with E-state index >= 15 is 0 Å². The summed E-state index contributed by atoms with van der Waals surface area (Å²) in [7, 11) is 0. The highest BCUT2D eigenvalue weighted by Crippen LogP contribution is 2.42. The van der Waals surface area contributed by atoms with Crippen molar-refractivity contribution >= 4 is 34.1 Å². The number of hydrogen-bond acceptors (Lipinski definition) is 5. The van der Waals surface area contributed by atoms with Gasteiger partial charge in [0.1, 0.15) is 0 Å². The van der Waals surface area contributed by atoms with Crippen molar-refractivity contribution in [2.45, 2.75) is 45.2 Å². The molecule has 35 heavy (non-hydrogen) atoms. The van der Waals surface area contributed by atoms with Crippen molar-refractivity contribution in [1.29, 1.82) is 0 Å². The van der Waals surface area contributed by atoms with Crippen LogP contribution in [0.25, 0.3) is 22.2 Å². The zero-order valence-corrected chi connectivity index (χ0v) is 21.0. The quantitative estimate of drug-likeness (QED) is 0.312. The van der Waals surface area contributed by atoms with Gasteiger partial charge in [0.05, 0.1) is 16.9 Å². The van der Waals surface area contributed by atoms with Gasteiger partial charge in [0.2, 0.25) is 5.95 Å². The molecule has 3 heterocycles. The van der Waals surface area contributed by atoms with Gasteiger partial charge in [0.15, 0.2) is 0 Å². The summed E-state index contributed by atoms with van der Waals surface area (Å²) in [6.07, 6.45) is 6.21. The lowest BCUT2D eigenvalue weighted by atomic mass is 10.0. The third kappa shape index (κ3) is 4.92. The maximum absolute atomic E-state index is 6.57. The fraction of sp³-hybridized carbons (Fsp3) is 0.357. The standard InChI is InChI=1S/C28H31ClN6/c1-17-3-6-23-24(13-31-26(23)9-17)27-25(29)14-32-28(34-27)33-22-11-19(10-21(12-22)20-4-5-20)16-35-8-7-30-18(2)15-35/h3,6,9-14,18,20,30-31H,4-5,7-8,15-16H2,1-2H3,(H,32,33,34)/t18-/m1/s1. The SMILES string of the molecule is Cc1ccc2c(-c3nc(Nc4cc(CN5CCN[C@H](C)C5)cc(C5CC5)c4)ncc3Cl)c[nH]c2c1. The lowest BCUT2D eigenvalue weighted by Crippen LogP contribution is -2.48. The summed E-state index contributed by atoms with van der Waals surface area (Å²) in [6, 6.07) is 13.8. The number of anilines is 2. The van der Waals surface area contributed by atoms with Crippen molar-refractivity contribution < 1.29 is 0 Å². The number of aromatic amines is 1. The number of piperazine rings is 1. The number of fused-ring (bicyclic) bond motifs is 1. The second kappa shape index (κ2) is 9.26. The van der Waals surface area contributed by atoms with Gasteiger partial charge in [-0.05, 0) is 67.5 Å². The average Bonchev–Trinajstić information content (AvgIpc) is 3.60. The summed E-state index contributed by atoms with van der Waals surface area (Å²) in [4.78, 5) is 15.2. The van der Waals surface area contributed by atoms with Crippen LogP contribution in [-0.4, -0.2) is 45.5 Å². The molecule has 0 bridgehead atoms. The van der Waals surface area contributed by atoms with E-state index in [0.29, 0.717) is 22.9 Å². The second-order valence-electron chi connectivity index (χ2n) is 10.1. The lowest BCUT2D eigenvalue weighted by Gasteiger charge is -2.32. The van der Waals surface area contributed by atoms with E-state index in [4.69, 9.17) is 16.6 Å². The number of nitrogens with one attached hydrogen (secondary N) is 3. The predicted molar refractivity (Wildman–Crippen MR) is 144 cm³/mol. The summed E-state index contributed by atoms with van der Waals surface area (Å²) >= 11 is 6.57. The van der Waals surface area contributed by atoms with Crippen molar-refractivity contribution in [3.8, 4) is 11.3 Å². The van der Waals surface area contributed by atoms with Crippen molar-refractivity contribution in [2.24, 2.45) is 0 Å². The van der Waals surface area contributed by atoms with Gasteiger partial charge in [-0.3, -0.25) is 4.90 Å². The summed E-state index contributed by atoms with van der Waals surface area (Å²) < 4.78 is 0. The highest BCUT2D eigenvalue weighted by atomic mass is 35.5. The number of halogens is 1. The first-order valence-electron chi connectivity index (χ1n) is 12.5. The molecular formula is C28H31ClN6. The van der Waals surface area contributed by atoms with Crippen LogP contribution >= 0.6 is 11.6 Å². The normalized spacial score (nSPS) is 18.8. The zero-order chi connectivity index (χ0) is 23.9. The number of benzene rings is 2. The molecule has 7 heteroatoms. The van der Waals surface area contributed by atoms with Gasteiger partial charge >= 0.3 is 0 Å². The summed E-state index contributed by atoms with van der Waals surface area (Å²) in [5, 5.41) is 8.65. The summed E-state index contributed by atoms with van der Waals surface area (Å²) in [6.45, 7) is 8.50. The first kappa shape index (κ1) is 22.5. The molecule has 180 valence electrons. The maximum atomic E-state index is 6.57. The predicted octanol–water partition coefficient (Wildman–Crippen LogP) is 6.00. The van der Waals surface area contributed by atoms with E-state index in [-0.39, 0.29) is 0 Å². The van der Waals surface area contributed by atoms with Crippen LogP contribution in [0.1, 0.15) is 42.4 Å². The molecule has 0 spiro atoms. The molecule has 6 nitrogen and oxygen atoms in total. The molecule has 4 aromatic rings. The highest BCUT2D eigenvalue weighted by molar-refractivity contribution is 6.33. The Morgan fingerprint density at radius 2 is 2.06 bits per heavy atom. The molecular weight excluding hydrogens is 456 g/mol. The monoisotopic (exact) mass is 486 g/mol. The number of H-pyrrole nitrogens is 1. The Bertz CT molecular complexity index is 1380. The van der Waals surface area contributed by atoms with E-state index in [1.54, 1.807) is 6.20 Å².